The number of anilines is 1. The third-order valence-electron chi connectivity index (χ3n) is 5.17. The van der Waals surface area contributed by atoms with Gasteiger partial charge in [0.15, 0.2) is 0 Å². The molecule has 1 amide bonds. The molecule has 0 fully saturated rings. The molecule has 0 aliphatic carbocycles. The molecule has 2 aromatic carbocycles. The molecule has 3 aromatic rings. The molecule has 0 spiro atoms. The smallest absolute Gasteiger partial charge is 0.262 e. The van der Waals surface area contributed by atoms with Gasteiger partial charge in [0.25, 0.3) is 5.91 Å². The highest BCUT2D eigenvalue weighted by Gasteiger charge is 2.32. The number of hydrogen-bond acceptors (Lipinski definition) is 4. The van der Waals surface area contributed by atoms with Crippen LogP contribution < -0.4 is 9.64 Å². The normalized spacial score (nSPS) is 14.1. The maximum atomic E-state index is 13.2. The van der Waals surface area contributed by atoms with Crippen molar-refractivity contribution in [2.75, 3.05) is 19.1 Å². The summed E-state index contributed by atoms with van der Waals surface area (Å²) >= 11 is 12.0. The Morgan fingerprint density at radius 1 is 1.06 bits per heavy atom. The van der Waals surface area contributed by atoms with E-state index in [2.05, 4.69) is 16.8 Å². The van der Waals surface area contributed by atoms with Gasteiger partial charge in [-0.1, -0.05) is 41.1 Å². The standard InChI is InChI=1S/C26H18Cl2N2O3/c1-30-23-9-7-16(4-3-5-17-10-11-29-24(15-17)33-2)12-19(23)25(31)20(26(30)32)13-18-6-8-21(27)22(28)14-18/h6-15H,5H2,1-2H3/b20-13+. The number of aromatic nitrogens is 1. The average Bonchev–Trinajstić information content (AvgIpc) is 2.82. The Balaban J connectivity index is 1.64. The van der Waals surface area contributed by atoms with Gasteiger partial charge in [-0.15, -0.1) is 0 Å². The molecule has 0 saturated heterocycles. The zero-order chi connectivity index (χ0) is 23.5. The van der Waals surface area contributed by atoms with Gasteiger partial charge in [0.1, 0.15) is 0 Å². The summed E-state index contributed by atoms with van der Waals surface area (Å²) in [6.07, 6.45) is 3.70. The number of nitrogens with zero attached hydrogens (tertiary/aromatic N) is 2. The summed E-state index contributed by atoms with van der Waals surface area (Å²) in [5.41, 5.74) is 3.28. The number of carbonyl (C=O) groups excluding carboxylic acids is 2. The number of ketones is 1. The molecule has 1 aliphatic heterocycles. The van der Waals surface area contributed by atoms with Gasteiger partial charge < -0.3 is 9.64 Å². The number of hydrogen-bond donors (Lipinski definition) is 0. The highest BCUT2D eigenvalue weighted by molar-refractivity contribution is 6.42. The molecule has 1 aromatic heterocycles. The molecule has 0 unspecified atom stereocenters. The number of halogens is 2. The predicted octanol–water partition coefficient (Wildman–Crippen LogP) is 5.23. The van der Waals surface area contributed by atoms with E-state index in [1.165, 1.54) is 11.0 Å². The zero-order valence-corrected chi connectivity index (χ0v) is 19.4. The van der Waals surface area contributed by atoms with Crippen LogP contribution in [0.1, 0.15) is 27.0 Å². The van der Waals surface area contributed by atoms with E-state index in [0.29, 0.717) is 44.7 Å². The van der Waals surface area contributed by atoms with Gasteiger partial charge in [-0.25, -0.2) is 4.98 Å². The number of fused-ring (bicyclic) bond motifs is 1. The van der Waals surface area contributed by atoms with E-state index in [0.717, 1.165) is 5.56 Å². The van der Waals surface area contributed by atoms with Gasteiger partial charge >= 0.3 is 0 Å². The van der Waals surface area contributed by atoms with Gasteiger partial charge in [0.05, 0.1) is 28.4 Å². The Kier molecular flexibility index (Phi) is 6.50. The minimum atomic E-state index is -0.385. The lowest BCUT2D eigenvalue weighted by atomic mass is 9.92. The molecule has 5 nitrogen and oxygen atoms in total. The van der Waals surface area contributed by atoms with E-state index in [-0.39, 0.29) is 17.3 Å². The van der Waals surface area contributed by atoms with E-state index in [4.69, 9.17) is 27.9 Å². The van der Waals surface area contributed by atoms with Crippen molar-refractivity contribution in [3.8, 4) is 17.7 Å². The fourth-order valence-electron chi connectivity index (χ4n) is 3.44. The number of ether oxygens (including phenoxy) is 1. The van der Waals surface area contributed by atoms with E-state index in [1.807, 2.05) is 12.1 Å². The minimum Gasteiger partial charge on any atom is -0.481 e. The second-order valence-corrected chi connectivity index (χ2v) is 8.16. The highest BCUT2D eigenvalue weighted by atomic mass is 35.5. The number of benzene rings is 2. The van der Waals surface area contributed by atoms with Crippen LogP contribution >= 0.6 is 23.2 Å². The van der Waals surface area contributed by atoms with Crippen LogP contribution in [0, 0.1) is 11.8 Å². The van der Waals surface area contributed by atoms with Crippen molar-refractivity contribution >= 4 is 46.7 Å². The Morgan fingerprint density at radius 3 is 2.64 bits per heavy atom. The molecule has 2 heterocycles. The van der Waals surface area contributed by atoms with E-state index in [1.54, 1.807) is 56.8 Å². The lowest BCUT2D eigenvalue weighted by Crippen LogP contribution is -2.36. The van der Waals surface area contributed by atoms with Gasteiger partial charge in [-0.05, 0) is 53.6 Å². The largest absolute Gasteiger partial charge is 0.481 e. The van der Waals surface area contributed by atoms with Crippen LogP contribution in [-0.2, 0) is 11.2 Å². The number of pyridine rings is 1. The van der Waals surface area contributed by atoms with Crippen LogP contribution in [0.2, 0.25) is 10.0 Å². The van der Waals surface area contributed by atoms with Crippen LogP contribution in [0.25, 0.3) is 6.08 Å². The molecule has 0 bridgehead atoms. The molecule has 0 saturated carbocycles. The Labute approximate surface area is 201 Å². The third-order valence-corrected chi connectivity index (χ3v) is 5.91. The number of Topliss-reactive ketones (excluding diaryl/α,β-unsaturated/α-hetero) is 1. The van der Waals surface area contributed by atoms with Gasteiger partial charge in [-0.3, -0.25) is 9.59 Å². The number of rotatable bonds is 3. The third kappa shape index (κ3) is 4.78. The van der Waals surface area contributed by atoms with Crippen molar-refractivity contribution in [3.05, 3.63) is 92.6 Å². The first kappa shape index (κ1) is 22.6. The van der Waals surface area contributed by atoms with Crippen LogP contribution in [0.3, 0.4) is 0 Å². The minimum absolute atomic E-state index is 0.0531. The maximum absolute atomic E-state index is 13.2. The summed E-state index contributed by atoms with van der Waals surface area (Å²) in [6, 6.07) is 13.9. The monoisotopic (exact) mass is 476 g/mol. The Bertz CT molecular complexity index is 1370. The number of likely N-dealkylation sites (N-methyl/N-ethyl adjacent to an activating group) is 1. The fraction of sp³-hybridized carbons (Fsp3) is 0.115. The molecular formula is C26H18Cl2N2O3. The molecule has 0 radical (unpaired) electrons. The molecule has 0 atom stereocenters. The first-order valence-corrected chi connectivity index (χ1v) is 10.7. The number of amides is 1. The van der Waals surface area contributed by atoms with Gasteiger partial charge in [0, 0.05) is 36.9 Å². The van der Waals surface area contributed by atoms with Crippen LogP contribution in [0.4, 0.5) is 5.69 Å². The summed E-state index contributed by atoms with van der Waals surface area (Å²) in [5, 5.41) is 0.746. The lowest BCUT2D eigenvalue weighted by molar-refractivity contribution is -0.114. The number of carbonyl (C=O) groups is 2. The summed E-state index contributed by atoms with van der Waals surface area (Å²) in [5.74, 6) is 5.98. The first-order valence-electron chi connectivity index (χ1n) is 9.98. The molecule has 7 heteroatoms. The van der Waals surface area contributed by atoms with Gasteiger partial charge in [0.2, 0.25) is 11.7 Å². The van der Waals surface area contributed by atoms with Crippen molar-refractivity contribution < 1.29 is 14.3 Å². The fourth-order valence-corrected chi connectivity index (χ4v) is 3.74. The quantitative estimate of drug-likeness (QED) is 0.294. The van der Waals surface area contributed by atoms with Crippen LogP contribution in [-0.4, -0.2) is 30.8 Å². The van der Waals surface area contributed by atoms with Gasteiger partial charge in [-0.2, -0.15) is 0 Å². The summed E-state index contributed by atoms with van der Waals surface area (Å²) in [7, 11) is 3.20. The van der Waals surface area contributed by atoms with Crippen LogP contribution in [0.15, 0.2) is 60.3 Å². The zero-order valence-electron chi connectivity index (χ0n) is 17.9. The summed E-state index contributed by atoms with van der Waals surface area (Å²) in [6.45, 7) is 0. The highest BCUT2D eigenvalue weighted by Crippen LogP contribution is 2.32. The van der Waals surface area contributed by atoms with E-state index in [9.17, 15) is 9.59 Å². The summed E-state index contributed by atoms with van der Waals surface area (Å²) in [4.78, 5) is 31.6. The van der Waals surface area contributed by atoms with Crippen molar-refractivity contribution in [1.29, 1.82) is 0 Å². The maximum Gasteiger partial charge on any atom is 0.262 e. The molecule has 164 valence electrons. The Morgan fingerprint density at radius 2 is 1.88 bits per heavy atom. The predicted molar refractivity (Wildman–Crippen MR) is 130 cm³/mol. The van der Waals surface area contributed by atoms with Crippen molar-refractivity contribution in [3.63, 3.8) is 0 Å². The second-order valence-electron chi connectivity index (χ2n) is 7.34. The average molecular weight is 477 g/mol. The van der Waals surface area contributed by atoms with Crippen molar-refractivity contribution in [2.45, 2.75) is 6.42 Å². The lowest BCUT2D eigenvalue weighted by Gasteiger charge is -2.26. The van der Waals surface area contributed by atoms with E-state index < -0.39 is 0 Å². The summed E-state index contributed by atoms with van der Waals surface area (Å²) < 4.78 is 5.13. The second kappa shape index (κ2) is 9.50. The Hall–Kier alpha value is -3.59. The molecule has 33 heavy (non-hydrogen) atoms. The molecular weight excluding hydrogens is 459 g/mol. The molecule has 1 aliphatic rings. The van der Waals surface area contributed by atoms with E-state index >= 15 is 0 Å². The van der Waals surface area contributed by atoms with Crippen molar-refractivity contribution in [2.24, 2.45) is 0 Å². The molecule has 4 rings (SSSR count). The van der Waals surface area contributed by atoms with Crippen molar-refractivity contribution in [1.82, 2.24) is 4.98 Å². The first-order chi connectivity index (χ1) is 15.9. The topological polar surface area (TPSA) is 59.5 Å². The SMILES string of the molecule is COc1cc(CC#Cc2ccc3c(c2)C(=O)/C(=C\c2ccc(Cl)c(Cl)c2)C(=O)N3C)ccn1. The number of methoxy groups -OCH3 is 1. The van der Waals surface area contributed by atoms with Crippen LogP contribution in [0.5, 0.6) is 5.88 Å². The molecule has 0 N–H and O–H groups in total.